The van der Waals surface area contributed by atoms with Crippen LogP contribution in [0.1, 0.15) is 23.2 Å². The molecule has 1 N–H and O–H groups in total. The number of pyridine rings is 1. The number of nitrogens with one attached hydrogen (secondary N) is 1. The third-order valence-corrected chi connectivity index (χ3v) is 4.75. The number of nitrogens with zero attached hydrogens (tertiary/aromatic N) is 2. The first-order chi connectivity index (χ1) is 13.0. The summed E-state index contributed by atoms with van der Waals surface area (Å²) in [7, 11) is 1.48. The maximum atomic E-state index is 12.7. The summed E-state index contributed by atoms with van der Waals surface area (Å²) in [6.45, 7) is 0.616. The van der Waals surface area contributed by atoms with Gasteiger partial charge in [-0.3, -0.25) is 9.59 Å². The Morgan fingerprint density at radius 2 is 2.19 bits per heavy atom. The average molecular weight is 393 g/mol. The summed E-state index contributed by atoms with van der Waals surface area (Å²) >= 11 is 0.217. The topological polar surface area (TPSA) is 71.5 Å². The number of thioether (sulfide) groups is 1. The number of rotatable bonds is 6. The molecular weight excluding hydrogens is 376 g/mol. The lowest BCUT2D eigenvalue weighted by atomic mass is 10.2. The normalized spacial score (nSPS) is 13.9. The van der Waals surface area contributed by atoms with Crippen LogP contribution in [0, 0.1) is 0 Å². The van der Waals surface area contributed by atoms with Gasteiger partial charge in [0.05, 0.1) is 18.4 Å². The van der Waals surface area contributed by atoms with Crippen LogP contribution in [0.4, 0.5) is 20.2 Å². The fraction of sp³-hybridized carbons (Fsp3) is 0.278. The van der Waals surface area contributed by atoms with Gasteiger partial charge in [0.2, 0.25) is 5.91 Å². The molecule has 2 aromatic rings. The number of carbonyl (C=O) groups excluding carboxylic acids is 2. The van der Waals surface area contributed by atoms with Gasteiger partial charge in [0.15, 0.2) is 0 Å². The third kappa shape index (κ3) is 4.36. The zero-order chi connectivity index (χ0) is 19.4. The Morgan fingerprint density at radius 1 is 1.37 bits per heavy atom. The molecule has 1 saturated heterocycles. The predicted octanol–water partition coefficient (Wildman–Crippen LogP) is 3.78. The van der Waals surface area contributed by atoms with E-state index >= 15 is 0 Å². The van der Waals surface area contributed by atoms with Gasteiger partial charge in [0, 0.05) is 30.9 Å². The largest absolute Gasteiger partial charge is 0.494 e. The second-order valence-electron chi connectivity index (χ2n) is 5.72. The van der Waals surface area contributed by atoms with Crippen LogP contribution in [-0.4, -0.2) is 36.2 Å². The van der Waals surface area contributed by atoms with Crippen LogP contribution in [0.5, 0.6) is 5.75 Å². The van der Waals surface area contributed by atoms with Crippen LogP contribution in [0.3, 0.4) is 0 Å². The number of halogens is 2. The number of hydrogen-bond donors (Lipinski definition) is 1. The predicted molar refractivity (Wildman–Crippen MR) is 98.6 cm³/mol. The third-order valence-electron chi connectivity index (χ3n) is 4.02. The lowest BCUT2D eigenvalue weighted by Crippen LogP contribution is -2.24. The van der Waals surface area contributed by atoms with Gasteiger partial charge in [-0.2, -0.15) is 8.78 Å². The van der Waals surface area contributed by atoms with Crippen molar-refractivity contribution in [2.45, 2.75) is 23.6 Å². The second kappa shape index (κ2) is 8.34. The van der Waals surface area contributed by atoms with Crippen molar-refractivity contribution < 1.29 is 23.1 Å². The number of anilines is 2. The molecule has 1 aromatic heterocycles. The molecule has 6 nitrogen and oxygen atoms in total. The number of hydrogen-bond acceptors (Lipinski definition) is 5. The van der Waals surface area contributed by atoms with Crippen molar-refractivity contribution in [3.05, 3.63) is 42.1 Å². The molecule has 0 atom stereocenters. The van der Waals surface area contributed by atoms with Gasteiger partial charge in [-0.25, -0.2) is 4.98 Å². The summed E-state index contributed by atoms with van der Waals surface area (Å²) < 4.78 is 30.7. The SMILES string of the molecule is COc1cc(NC(=O)c2cccnc2SC(F)F)ccc1N1CCCC1=O. The van der Waals surface area contributed by atoms with Crippen LogP contribution in [0.15, 0.2) is 41.6 Å². The van der Waals surface area contributed by atoms with Gasteiger partial charge < -0.3 is 15.0 Å². The number of amides is 2. The molecule has 0 radical (unpaired) electrons. The molecule has 1 aliphatic rings. The maximum Gasteiger partial charge on any atom is 0.290 e. The quantitative estimate of drug-likeness (QED) is 0.756. The van der Waals surface area contributed by atoms with E-state index in [2.05, 4.69) is 10.3 Å². The van der Waals surface area contributed by atoms with Crippen molar-refractivity contribution in [2.75, 3.05) is 23.9 Å². The lowest BCUT2D eigenvalue weighted by molar-refractivity contribution is -0.117. The molecule has 1 aliphatic heterocycles. The highest BCUT2D eigenvalue weighted by Crippen LogP contribution is 2.34. The first-order valence-corrected chi connectivity index (χ1v) is 9.07. The van der Waals surface area contributed by atoms with Crippen molar-refractivity contribution in [1.29, 1.82) is 0 Å². The Hall–Kier alpha value is -2.68. The van der Waals surface area contributed by atoms with Crippen LogP contribution in [0.25, 0.3) is 0 Å². The minimum atomic E-state index is -2.68. The summed E-state index contributed by atoms with van der Waals surface area (Å²) in [5.41, 5.74) is 1.11. The molecule has 27 heavy (non-hydrogen) atoms. The van der Waals surface area contributed by atoms with Gasteiger partial charge in [-0.15, -0.1) is 0 Å². The first-order valence-electron chi connectivity index (χ1n) is 8.19. The molecule has 2 amide bonds. The Morgan fingerprint density at radius 3 is 2.85 bits per heavy atom. The Kier molecular flexibility index (Phi) is 5.90. The van der Waals surface area contributed by atoms with E-state index in [0.29, 0.717) is 30.1 Å². The van der Waals surface area contributed by atoms with Crippen molar-refractivity contribution in [2.24, 2.45) is 0 Å². The van der Waals surface area contributed by atoms with Gasteiger partial charge in [0.25, 0.3) is 11.7 Å². The van der Waals surface area contributed by atoms with Crippen LogP contribution >= 0.6 is 11.8 Å². The van der Waals surface area contributed by atoms with E-state index in [1.165, 1.54) is 25.4 Å². The van der Waals surface area contributed by atoms with E-state index in [4.69, 9.17) is 4.74 Å². The van der Waals surface area contributed by atoms with Crippen molar-refractivity contribution in [3.8, 4) is 5.75 Å². The standard InChI is InChI=1S/C18H17F2N3O3S/c1-26-14-10-11(6-7-13(14)23-9-3-5-15(23)24)22-16(25)12-4-2-8-21-17(12)27-18(19)20/h2,4,6-8,10,18H,3,5,9H2,1H3,(H,22,25). The molecule has 0 bridgehead atoms. The minimum absolute atomic E-state index is 0.0223. The van der Waals surface area contributed by atoms with Crippen LogP contribution in [0.2, 0.25) is 0 Å². The first kappa shape index (κ1) is 19.1. The number of methoxy groups -OCH3 is 1. The summed E-state index contributed by atoms with van der Waals surface area (Å²) in [4.78, 5) is 29.9. The molecule has 142 valence electrons. The maximum absolute atomic E-state index is 12.7. The fourth-order valence-corrected chi connectivity index (χ4v) is 3.40. The molecular formula is C18H17F2N3O3S. The van der Waals surface area contributed by atoms with E-state index in [0.717, 1.165) is 6.42 Å². The summed E-state index contributed by atoms with van der Waals surface area (Å²) in [6, 6.07) is 7.86. The highest BCUT2D eigenvalue weighted by molar-refractivity contribution is 7.99. The summed E-state index contributed by atoms with van der Waals surface area (Å²) in [5.74, 6) is -2.77. The van der Waals surface area contributed by atoms with Crippen molar-refractivity contribution >= 4 is 35.0 Å². The van der Waals surface area contributed by atoms with Crippen LogP contribution < -0.4 is 15.0 Å². The molecule has 0 unspecified atom stereocenters. The highest BCUT2D eigenvalue weighted by atomic mass is 32.2. The van der Waals surface area contributed by atoms with E-state index in [1.54, 1.807) is 23.1 Å². The lowest BCUT2D eigenvalue weighted by Gasteiger charge is -2.19. The molecule has 0 spiro atoms. The molecule has 1 aromatic carbocycles. The van der Waals surface area contributed by atoms with Crippen molar-refractivity contribution in [1.82, 2.24) is 4.98 Å². The number of aromatic nitrogens is 1. The van der Waals surface area contributed by atoms with Crippen molar-refractivity contribution in [3.63, 3.8) is 0 Å². The smallest absolute Gasteiger partial charge is 0.290 e. The van der Waals surface area contributed by atoms with Gasteiger partial charge in [-0.05, 0) is 42.4 Å². The zero-order valence-corrected chi connectivity index (χ0v) is 15.3. The summed E-state index contributed by atoms with van der Waals surface area (Å²) in [6.07, 6.45) is 2.63. The molecule has 9 heteroatoms. The zero-order valence-electron chi connectivity index (χ0n) is 14.4. The molecule has 2 heterocycles. The number of benzene rings is 1. The van der Waals surface area contributed by atoms with Gasteiger partial charge in [-0.1, -0.05) is 0 Å². The Bertz CT molecular complexity index is 863. The van der Waals surface area contributed by atoms with E-state index in [9.17, 15) is 18.4 Å². The van der Waals surface area contributed by atoms with E-state index < -0.39 is 11.7 Å². The second-order valence-corrected chi connectivity index (χ2v) is 6.70. The molecule has 0 saturated carbocycles. The molecule has 3 rings (SSSR count). The molecule has 1 fully saturated rings. The average Bonchev–Trinajstić information content (AvgIpc) is 3.07. The minimum Gasteiger partial charge on any atom is -0.494 e. The number of alkyl halides is 2. The monoisotopic (exact) mass is 393 g/mol. The Balaban J connectivity index is 1.82. The van der Waals surface area contributed by atoms with E-state index in [1.807, 2.05) is 0 Å². The molecule has 0 aliphatic carbocycles. The van der Waals surface area contributed by atoms with Gasteiger partial charge >= 0.3 is 0 Å². The van der Waals surface area contributed by atoms with Crippen LogP contribution in [-0.2, 0) is 4.79 Å². The number of carbonyl (C=O) groups is 2. The highest BCUT2D eigenvalue weighted by Gasteiger charge is 2.25. The fourth-order valence-electron chi connectivity index (χ4n) is 2.82. The van der Waals surface area contributed by atoms with E-state index in [-0.39, 0.29) is 28.3 Å². The van der Waals surface area contributed by atoms with Gasteiger partial charge in [0.1, 0.15) is 10.8 Å². The Labute approximate surface area is 158 Å². The number of ether oxygens (including phenoxy) is 1. The summed E-state index contributed by atoms with van der Waals surface area (Å²) in [5, 5.41) is 2.61.